The van der Waals surface area contributed by atoms with Crippen molar-refractivity contribution < 1.29 is 9.13 Å². The highest BCUT2D eigenvalue weighted by molar-refractivity contribution is 9.10. The van der Waals surface area contributed by atoms with Crippen molar-refractivity contribution in [3.05, 3.63) is 28.5 Å². The van der Waals surface area contributed by atoms with Crippen LogP contribution in [0.25, 0.3) is 0 Å². The van der Waals surface area contributed by atoms with E-state index in [9.17, 15) is 4.39 Å². The van der Waals surface area contributed by atoms with E-state index in [2.05, 4.69) is 48.9 Å². The van der Waals surface area contributed by atoms with E-state index < -0.39 is 0 Å². The maximum atomic E-state index is 13.5. The van der Waals surface area contributed by atoms with E-state index >= 15 is 0 Å². The first-order chi connectivity index (χ1) is 8.28. The van der Waals surface area contributed by atoms with Crippen LogP contribution in [0.15, 0.2) is 22.7 Å². The number of halogens is 2. The zero-order chi connectivity index (χ0) is 13.8. The van der Waals surface area contributed by atoms with Gasteiger partial charge in [0.15, 0.2) is 11.6 Å². The molecule has 1 rings (SSSR count). The second-order valence-corrected chi connectivity index (χ2v) is 6.54. The molecule has 0 aliphatic rings. The first-order valence-electron chi connectivity index (χ1n) is 6.11. The Hall–Kier alpha value is -0.610. The van der Waals surface area contributed by atoms with Gasteiger partial charge in [-0.25, -0.2) is 4.39 Å². The molecule has 2 nitrogen and oxygen atoms in total. The Bertz CT molecular complexity index is 390. The smallest absolute Gasteiger partial charge is 0.166 e. The van der Waals surface area contributed by atoms with Gasteiger partial charge in [0.2, 0.25) is 0 Å². The highest BCUT2D eigenvalue weighted by Crippen LogP contribution is 2.21. The van der Waals surface area contributed by atoms with Crippen molar-refractivity contribution in [2.75, 3.05) is 13.2 Å². The number of hydrogen-bond donors (Lipinski definition) is 1. The van der Waals surface area contributed by atoms with Crippen LogP contribution in [-0.2, 0) is 0 Å². The van der Waals surface area contributed by atoms with E-state index in [1.54, 1.807) is 12.1 Å². The van der Waals surface area contributed by atoms with Crippen LogP contribution in [0.2, 0.25) is 0 Å². The van der Waals surface area contributed by atoms with Gasteiger partial charge in [0.05, 0.1) is 6.61 Å². The lowest BCUT2D eigenvalue weighted by Crippen LogP contribution is -2.39. The third kappa shape index (κ3) is 5.83. The Morgan fingerprint density at radius 3 is 2.61 bits per heavy atom. The Balaban J connectivity index is 2.40. The topological polar surface area (TPSA) is 21.3 Å². The van der Waals surface area contributed by atoms with Crippen molar-refractivity contribution in [1.82, 2.24) is 5.32 Å². The van der Waals surface area contributed by atoms with Crippen molar-refractivity contribution in [2.24, 2.45) is 5.92 Å². The maximum Gasteiger partial charge on any atom is 0.166 e. The molecule has 0 saturated carbocycles. The molecule has 0 radical (unpaired) electrons. The predicted molar refractivity (Wildman–Crippen MR) is 76.5 cm³/mol. The minimum atomic E-state index is -0.333. The van der Waals surface area contributed by atoms with Crippen molar-refractivity contribution in [1.29, 1.82) is 0 Å². The third-order valence-electron chi connectivity index (χ3n) is 2.40. The number of benzene rings is 1. The highest BCUT2D eigenvalue weighted by Gasteiger charge is 2.12. The van der Waals surface area contributed by atoms with Crippen molar-refractivity contribution in [3.63, 3.8) is 0 Å². The fourth-order valence-corrected chi connectivity index (χ4v) is 1.70. The van der Waals surface area contributed by atoms with Gasteiger partial charge < -0.3 is 10.1 Å². The van der Waals surface area contributed by atoms with Gasteiger partial charge in [-0.2, -0.15) is 0 Å². The normalized spacial score (nSPS) is 13.4. The van der Waals surface area contributed by atoms with Crippen molar-refractivity contribution >= 4 is 15.9 Å². The molecule has 1 N–H and O–H groups in total. The Morgan fingerprint density at radius 1 is 1.39 bits per heavy atom. The second-order valence-electron chi connectivity index (χ2n) is 5.62. The van der Waals surface area contributed by atoms with Gasteiger partial charge in [0, 0.05) is 22.5 Å². The van der Waals surface area contributed by atoms with Crippen LogP contribution >= 0.6 is 15.9 Å². The standard InChI is InChI=1S/C14H21BrFNO/c1-10(8-17-14(2,3)4)9-18-13-6-5-11(15)7-12(13)16/h5-7,10,17H,8-9H2,1-4H3. The lowest BCUT2D eigenvalue weighted by molar-refractivity contribution is 0.235. The zero-order valence-electron chi connectivity index (χ0n) is 11.4. The third-order valence-corrected chi connectivity index (χ3v) is 2.89. The predicted octanol–water partition coefficient (Wildman–Crippen LogP) is 3.99. The molecule has 0 heterocycles. The molecule has 0 aliphatic carbocycles. The Morgan fingerprint density at radius 2 is 2.06 bits per heavy atom. The first kappa shape index (κ1) is 15.4. The van der Waals surface area contributed by atoms with E-state index in [0.717, 1.165) is 11.0 Å². The quantitative estimate of drug-likeness (QED) is 0.886. The average Bonchev–Trinajstić information content (AvgIpc) is 2.24. The highest BCUT2D eigenvalue weighted by atomic mass is 79.9. The summed E-state index contributed by atoms with van der Waals surface area (Å²) in [4.78, 5) is 0. The number of rotatable bonds is 5. The van der Waals surface area contributed by atoms with Crippen LogP contribution in [0.1, 0.15) is 27.7 Å². The maximum absolute atomic E-state index is 13.5. The van der Waals surface area contributed by atoms with Gasteiger partial charge in [0.25, 0.3) is 0 Å². The van der Waals surface area contributed by atoms with Gasteiger partial charge in [-0.1, -0.05) is 22.9 Å². The van der Waals surface area contributed by atoms with Crippen molar-refractivity contribution in [3.8, 4) is 5.75 Å². The molecule has 102 valence electrons. The zero-order valence-corrected chi connectivity index (χ0v) is 13.0. The van der Waals surface area contributed by atoms with E-state index in [4.69, 9.17) is 4.74 Å². The summed E-state index contributed by atoms with van der Waals surface area (Å²) in [5, 5.41) is 3.40. The molecule has 1 unspecified atom stereocenters. The van der Waals surface area contributed by atoms with Gasteiger partial charge in [-0.3, -0.25) is 0 Å². The molecule has 0 aromatic heterocycles. The summed E-state index contributed by atoms with van der Waals surface area (Å²) in [5.74, 6) is 0.299. The molecular formula is C14H21BrFNO. The largest absolute Gasteiger partial charge is 0.490 e. The SMILES string of the molecule is CC(CNC(C)(C)C)COc1ccc(Br)cc1F. The molecule has 0 aliphatic heterocycles. The molecule has 0 spiro atoms. The Labute approximate surface area is 117 Å². The molecule has 18 heavy (non-hydrogen) atoms. The van der Waals surface area contributed by atoms with Crippen LogP contribution < -0.4 is 10.1 Å². The fraction of sp³-hybridized carbons (Fsp3) is 0.571. The van der Waals surface area contributed by atoms with Crippen LogP contribution in [0.3, 0.4) is 0 Å². The Kier molecular flexibility index (Phi) is 5.60. The summed E-state index contributed by atoms with van der Waals surface area (Å²) in [5.41, 5.74) is 0.0944. The minimum absolute atomic E-state index is 0.0944. The molecular weight excluding hydrogens is 297 g/mol. The molecule has 0 amide bonds. The van der Waals surface area contributed by atoms with Crippen LogP contribution in [-0.4, -0.2) is 18.7 Å². The molecule has 0 fully saturated rings. The molecule has 1 atom stereocenters. The van der Waals surface area contributed by atoms with Gasteiger partial charge >= 0.3 is 0 Å². The van der Waals surface area contributed by atoms with Gasteiger partial charge in [-0.15, -0.1) is 0 Å². The van der Waals surface area contributed by atoms with E-state index in [1.807, 2.05) is 0 Å². The van der Waals surface area contributed by atoms with Crippen LogP contribution in [0, 0.1) is 11.7 Å². The summed E-state index contributed by atoms with van der Waals surface area (Å²) in [6.45, 7) is 9.79. The fourth-order valence-electron chi connectivity index (χ4n) is 1.36. The minimum Gasteiger partial charge on any atom is -0.490 e. The summed E-state index contributed by atoms with van der Waals surface area (Å²) in [6, 6.07) is 4.83. The summed E-state index contributed by atoms with van der Waals surface area (Å²) >= 11 is 3.22. The molecule has 1 aromatic rings. The molecule has 0 bridgehead atoms. The summed E-state index contributed by atoms with van der Waals surface area (Å²) in [7, 11) is 0. The first-order valence-corrected chi connectivity index (χ1v) is 6.90. The van der Waals surface area contributed by atoms with E-state index in [1.165, 1.54) is 6.07 Å². The lowest BCUT2D eigenvalue weighted by atomic mass is 10.1. The number of hydrogen-bond acceptors (Lipinski definition) is 2. The van der Waals surface area contributed by atoms with Crippen molar-refractivity contribution in [2.45, 2.75) is 33.2 Å². The van der Waals surface area contributed by atoms with Crippen LogP contribution in [0.5, 0.6) is 5.75 Å². The monoisotopic (exact) mass is 317 g/mol. The van der Waals surface area contributed by atoms with Gasteiger partial charge in [-0.05, 0) is 39.0 Å². The summed E-state index contributed by atoms with van der Waals surface area (Å²) < 4.78 is 19.7. The van der Waals surface area contributed by atoms with Gasteiger partial charge in [0.1, 0.15) is 0 Å². The number of ether oxygens (including phenoxy) is 1. The number of nitrogens with one attached hydrogen (secondary N) is 1. The second kappa shape index (κ2) is 6.53. The molecule has 4 heteroatoms. The molecule has 1 aromatic carbocycles. The summed E-state index contributed by atoms with van der Waals surface area (Å²) in [6.07, 6.45) is 0. The lowest BCUT2D eigenvalue weighted by Gasteiger charge is -2.23. The molecule has 0 saturated heterocycles. The average molecular weight is 318 g/mol. The van der Waals surface area contributed by atoms with Crippen LogP contribution in [0.4, 0.5) is 4.39 Å². The van der Waals surface area contributed by atoms with E-state index in [-0.39, 0.29) is 11.4 Å². The van der Waals surface area contributed by atoms with E-state index in [0.29, 0.717) is 18.3 Å².